The molecule has 5 rings (SSSR count). The van der Waals surface area contributed by atoms with Crippen LogP contribution in [0.2, 0.25) is 18.1 Å². The van der Waals surface area contributed by atoms with Gasteiger partial charge in [-0.25, -0.2) is 9.97 Å². The van der Waals surface area contributed by atoms with Crippen molar-refractivity contribution >= 4 is 39.4 Å². The van der Waals surface area contributed by atoms with E-state index < -0.39 is 13.7 Å². The van der Waals surface area contributed by atoms with E-state index >= 15 is 0 Å². The van der Waals surface area contributed by atoms with Gasteiger partial charge in [0.25, 0.3) is 0 Å². The molecule has 12 heteroatoms. The van der Waals surface area contributed by atoms with Crippen molar-refractivity contribution < 1.29 is 14.0 Å². The van der Waals surface area contributed by atoms with Gasteiger partial charge in [0, 0.05) is 42.1 Å². The van der Waals surface area contributed by atoms with E-state index in [9.17, 15) is 10.1 Å². The minimum absolute atomic E-state index is 0.0603. The number of ether oxygens (including phenoxy) is 1. The zero-order chi connectivity index (χ0) is 28.7. The lowest BCUT2D eigenvalue weighted by Crippen LogP contribution is -2.46. The molecule has 1 radical (unpaired) electrons. The van der Waals surface area contributed by atoms with Crippen LogP contribution in [0.4, 0.5) is 17.5 Å². The number of rotatable bonds is 8. The Bertz CT molecular complexity index is 1460. The summed E-state index contributed by atoms with van der Waals surface area (Å²) in [6, 6.07) is 10.0. The van der Waals surface area contributed by atoms with Gasteiger partial charge in [-0.1, -0.05) is 27.7 Å². The summed E-state index contributed by atoms with van der Waals surface area (Å²) in [6.45, 7) is 16.2. The van der Waals surface area contributed by atoms with E-state index in [1.165, 1.54) is 7.41 Å². The third-order valence-corrected chi connectivity index (χ3v) is 12.7. The molecule has 2 aliphatic heterocycles. The summed E-state index contributed by atoms with van der Waals surface area (Å²) in [4.78, 5) is 22.5. The molecule has 1 atom stereocenters. The molecule has 4 heterocycles. The summed E-state index contributed by atoms with van der Waals surface area (Å²) in [5.41, 5.74) is 4.23. The predicted octanol–water partition coefficient (Wildman–Crippen LogP) is 4.39. The normalized spacial score (nSPS) is 18.6. The van der Waals surface area contributed by atoms with Gasteiger partial charge in [0.15, 0.2) is 14.1 Å². The number of nitrogens with one attached hydrogen (secondary N) is 1. The maximum absolute atomic E-state index is 11.5. The van der Waals surface area contributed by atoms with Gasteiger partial charge in [0.1, 0.15) is 12.3 Å². The van der Waals surface area contributed by atoms with Crippen molar-refractivity contribution in [2.24, 2.45) is 0 Å². The first kappa shape index (κ1) is 28.0. The van der Waals surface area contributed by atoms with Gasteiger partial charge in [0.05, 0.1) is 36.7 Å². The van der Waals surface area contributed by atoms with Gasteiger partial charge < -0.3 is 24.1 Å². The lowest BCUT2D eigenvalue weighted by Gasteiger charge is -2.39. The Balaban J connectivity index is 1.50. The monoisotopic (exact) mass is 556 g/mol. The molecule has 3 aromatic rings. The van der Waals surface area contributed by atoms with Crippen LogP contribution in [0, 0.1) is 11.3 Å². The first-order valence-electron chi connectivity index (χ1n) is 13.5. The Morgan fingerprint density at radius 2 is 2.12 bits per heavy atom. The van der Waals surface area contributed by atoms with Crippen LogP contribution in [0.5, 0.6) is 0 Å². The molecule has 10 nitrogen and oxygen atoms in total. The van der Waals surface area contributed by atoms with Crippen LogP contribution < -0.4 is 10.1 Å². The van der Waals surface area contributed by atoms with Crippen LogP contribution in [0.25, 0.3) is 11.3 Å². The molecule has 1 N–H and O–H groups in total. The largest absolute Gasteiger partial charge is 0.416 e. The van der Waals surface area contributed by atoms with E-state index in [0.717, 1.165) is 28.7 Å². The molecule has 207 valence electrons. The van der Waals surface area contributed by atoms with E-state index in [0.29, 0.717) is 55.9 Å². The highest BCUT2D eigenvalue weighted by molar-refractivity contribution is 6.74. The topological polar surface area (TPSA) is 118 Å². The predicted molar refractivity (Wildman–Crippen MR) is 158 cm³/mol. The van der Waals surface area contributed by atoms with Crippen molar-refractivity contribution in [3.63, 3.8) is 0 Å². The van der Waals surface area contributed by atoms with Gasteiger partial charge in [-0.15, -0.1) is 0 Å². The zero-order valence-electron chi connectivity index (χ0n) is 24.0. The smallest absolute Gasteiger partial charge is 0.329 e. The molecule has 0 bridgehead atoms. The maximum atomic E-state index is 11.5. The zero-order valence-corrected chi connectivity index (χ0v) is 25.0. The first-order valence-corrected chi connectivity index (χ1v) is 16.4. The number of hydrogen-bond donors (Lipinski definition) is 1. The summed E-state index contributed by atoms with van der Waals surface area (Å²) in [6.07, 6.45) is 2.46. The minimum atomic E-state index is -2.04. The number of carbonyl (C=O) groups excluding carboxylic acids is 1. The molecule has 0 aliphatic carbocycles. The van der Waals surface area contributed by atoms with Crippen molar-refractivity contribution in [1.82, 2.24) is 19.7 Å². The van der Waals surface area contributed by atoms with Crippen LogP contribution in [0.15, 0.2) is 30.5 Å². The second kappa shape index (κ2) is 10.5. The first-order chi connectivity index (χ1) is 18.9. The molecule has 0 fully saturated rings. The fourth-order valence-corrected chi connectivity index (χ4v) is 6.02. The summed E-state index contributed by atoms with van der Waals surface area (Å²) < 4.78 is 14.1. The molecular formula is C28H35BN7O3Si. The van der Waals surface area contributed by atoms with Crippen molar-refractivity contribution in [1.29, 1.82) is 5.26 Å². The Morgan fingerprint density at radius 3 is 2.83 bits per heavy atom. The molecule has 2 aliphatic rings. The van der Waals surface area contributed by atoms with Crippen molar-refractivity contribution in [3.8, 4) is 17.3 Å². The molecule has 2 aromatic heterocycles. The standard InChI is InChI=1S/C28H35BN7O3Si/c1-27(2,3)40(5,6)39-17-28(4)16-35(29-18-37)25-20(14-30)11-19(12-22(25)28)23-7-8-31-26(32-23)33-24-13-21-15-38-10-9-36(21)34-24/h7-8,11-13,18H,9-10,15-17H2,1-6H3,(H,31,32,33,34). The summed E-state index contributed by atoms with van der Waals surface area (Å²) >= 11 is 0. The van der Waals surface area contributed by atoms with E-state index in [-0.39, 0.29) is 5.04 Å². The summed E-state index contributed by atoms with van der Waals surface area (Å²) in [7, 11) is -0.538. The lowest BCUT2D eigenvalue weighted by molar-refractivity contribution is 0.0801. The number of carbonyl (C=O) groups is 1. The van der Waals surface area contributed by atoms with Crippen molar-refractivity contribution in [3.05, 3.63) is 47.3 Å². The second-order valence-electron chi connectivity index (χ2n) is 12.2. The molecule has 40 heavy (non-hydrogen) atoms. The van der Waals surface area contributed by atoms with E-state index in [4.69, 9.17) is 14.1 Å². The number of aromatic nitrogens is 4. The highest BCUT2D eigenvalue weighted by Crippen LogP contribution is 2.46. The molecule has 0 saturated heterocycles. The van der Waals surface area contributed by atoms with Crippen LogP contribution in [-0.4, -0.2) is 61.4 Å². The SMILES string of the molecule is CC1(CO[Si](C)(C)C(C)(C)C)CN([B]C=O)c2c(C#N)cc(-c3ccnc(Nc4cc5n(n4)CCOC5)n3)cc21. The van der Waals surface area contributed by atoms with Crippen LogP contribution >= 0.6 is 0 Å². The van der Waals surface area contributed by atoms with Gasteiger partial charge in [-0.05, 0) is 41.9 Å². The second-order valence-corrected chi connectivity index (χ2v) is 17.1. The molecule has 0 amide bonds. The van der Waals surface area contributed by atoms with E-state index in [1.807, 2.05) is 27.7 Å². The molecule has 0 saturated carbocycles. The maximum Gasteiger partial charge on any atom is 0.329 e. The van der Waals surface area contributed by atoms with Crippen LogP contribution in [0.1, 0.15) is 44.5 Å². The fraction of sp³-hybridized carbons (Fsp3) is 0.464. The third kappa shape index (κ3) is 5.29. The van der Waals surface area contributed by atoms with E-state index in [1.54, 1.807) is 6.20 Å². The minimum Gasteiger partial charge on any atom is -0.416 e. The lowest BCUT2D eigenvalue weighted by atomic mass is 9.83. The van der Waals surface area contributed by atoms with Gasteiger partial charge in [-0.3, -0.25) is 4.68 Å². The molecule has 1 aromatic carbocycles. The fourth-order valence-electron chi connectivity index (χ4n) is 4.91. The Hall–Kier alpha value is -3.53. The van der Waals surface area contributed by atoms with Crippen LogP contribution in [0.3, 0.4) is 0 Å². The van der Waals surface area contributed by atoms with Crippen LogP contribution in [-0.2, 0) is 32.5 Å². The summed E-state index contributed by atoms with van der Waals surface area (Å²) in [5.74, 6) is 1.06. The Morgan fingerprint density at radius 1 is 1.32 bits per heavy atom. The van der Waals surface area contributed by atoms with E-state index in [2.05, 4.69) is 68.3 Å². The number of nitriles is 1. The third-order valence-electron chi connectivity index (χ3n) is 8.24. The molecule has 0 spiro atoms. The Labute approximate surface area is 237 Å². The quantitative estimate of drug-likeness (QED) is 0.318. The number of hydrogen-bond acceptors (Lipinski definition) is 9. The van der Waals surface area contributed by atoms with Crippen molar-refractivity contribution in [2.45, 2.75) is 64.4 Å². The Kier molecular flexibility index (Phi) is 7.33. The number of fused-ring (bicyclic) bond motifs is 2. The van der Waals surface area contributed by atoms with Gasteiger partial charge in [-0.2, -0.15) is 10.4 Å². The molecular weight excluding hydrogens is 521 g/mol. The number of anilines is 3. The average molecular weight is 557 g/mol. The summed E-state index contributed by atoms with van der Waals surface area (Å²) in [5, 5.41) is 18.0. The highest BCUT2D eigenvalue weighted by atomic mass is 28.4. The highest BCUT2D eigenvalue weighted by Gasteiger charge is 2.44. The number of benzene rings is 1. The van der Waals surface area contributed by atoms with Gasteiger partial charge >= 0.3 is 7.41 Å². The van der Waals surface area contributed by atoms with Gasteiger partial charge in [0.2, 0.25) is 5.95 Å². The average Bonchev–Trinajstić information content (AvgIpc) is 3.45. The molecule has 1 unspecified atom stereocenters. The number of nitrogens with zero attached hydrogens (tertiary/aromatic N) is 6. The van der Waals surface area contributed by atoms with Crippen molar-refractivity contribution in [2.75, 3.05) is 29.9 Å².